The Morgan fingerprint density at radius 2 is 2.17 bits per heavy atom. The van der Waals surface area contributed by atoms with Crippen molar-refractivity contribution in [3.63, 3.8) is 0 Å². The van der Waals surface area contributed by atoms with Crippen molar-refractivity contribution in [2.24, 2.45) is 11.4 Å². The van der Waals surface area contributed by atoms with Crippen molar-refractivity contribution in [3.05, 3.63) is 47.7 Å². The van der Waals surface area contributed by atoms with E-state index in [0.29, 0.717) is 17.0 Å². The molecule has 2 atom stereocenters. The highest BCUT2D eigenvalue weighted by atomic mass is 31.2. The van der Waals surface area contributed by atoms with E-state index in [4.69, 9.17) is 10.0 Å². The van der Waals surface area contributed by atoms with Crippen molar-refractivity contribution in [1.29, 1.82) is 0 Å². The lowest BCUT2D eigenvalue weighted by atomic mass is 9.98. The Bertz CT molecular complexity index is 604. The molecule has 2 N–H and O–H groups in total. The topological polar surface area (TPSA) is 52.3 Å². The quantitative estimate of drug-likeness (QED) is 0.730. The van der Waals surface area contributed by atoms with Crippen LogP contribution >= 0.6 is 7.52 Å². The van der Waals surface area contributed by atoms with Gasteiger partial charge in [0.25, 0.3) is 0 Å². The third kappa shape index (κ3) is 1.84. The summed E-state index contributed by atoms with van der Waals surface area (Å²) in [5.41, 5.74) is 7.96. The van der Waals surface area contributed by atoms with Crippen molar-refractivity contribution in [2.75, 3.05) is 0 Å². The second kappa shape index (κ2) is 4.11. The predicted octanol–water partition coefficient (Wildman–Crippen LogP) is 3.19. The van der Waals surface area contributed by atoms with E-state index in [9.17, 15) is 4.57 Å². The van der Waals surface area contributed by atoms with Gasteiger partial charge in [-0.25, -0.2) is 5.50 Å². The third-order valence-electron chi connectivity index (χ3n) is 3.52. The minimum atomic E-state index is -3.21. The highest BCUT2D eigenvalue weighted by Crippen LogP contribution is 2.49. The predicted molar refractivity (Wildman–Crippen MR) is 73.4 cm³/mol. The third-order valence-corrected chi connectivity index (χ3v) is 5.05. The molecule has 1 aliphatic heterocycles. The number of fused-ring (bicyclic) bond motifs is 2. The molecule has 4 heteroatoms. The molecule has 3 nitrogen and oxygen atoms in total. The van der Waals surface area contributed by atoms with Crippen LogP contribution in [0.4, 0.5) is 0 Å². The van der Waals surface area contributed by atoms with Crippen LogP contribution in [0, 0.1) is 5.92 Å². The van der Waals surface area contributed by atoms with E-state index in [1.165, 1.54) is 0 Å². The van der Waals surface area contributed by atoms with Gasteiger partial charge in [-0.15, -0.1) is 0 Å². The van der Waals surface area contributed by atoms with Crippen LogP contribution in [-0.2, 0) is 9.09 Å². The maximum Gasteiger partial charge on any atom is 0.344 e. The summed E-state index contributed by atoms with van der Waals surface area (Å²) in [5.74, 6) is 1.19. The van der Waals surface area contributed by atoms with Gasteiger partial charge >= 0.3 is 7.52 Å². The van der Waals surface area contributed by atoms with Gasteiger partial charge in [0.15, 0.2) is 0 Å². The molecule has 0 saturated carbocycles. The Balaban J connectivity index is 2.19. The molecule has 1 unspecified atom stereocenters. The molecular weight excluding hydrogens is 245 g/mol. The molecule has 0 radical (unpaired) electrons. The molecule has 0 fully saturated rings. The first kappa shape index (κ1) is 11.8. The number of nitrogens with two attached hydrogens (primary N) is 1. The summed E-state index contributed by atoms with van der Waals surface area (Å²) in [6.07, 6.45) is 6.02. The standard InChI is InChI=1S/C14H16NO2P/c1-10-6-8-11-12-4-2-3-5-14(12)18(15,16)17-13(11)9-7-10/h2-5,7,9-10H,6,8H2,1H3,(H2,15,16)/t10?,18-/m1/s1. The summed E-state index contributed by atoms with van der Waals surface area (Å²) in [4.78, 5) is 0. The lowest BCUT2D eigenvalue weighted by Crippen LogP contribution is -2.22. The van der Waals surface area contributed by atoms with Crippen molar-refractivity contribution in [2.45, 2.75) is 19.8 Å². The molecule has 0 aromatic heterocycles. The summed E-state index contributed by atoms with van der Waals surface area (Å²) >= 11 is 0. The number of benzene rings is 1. The Morgan fingerprint density at radius 3 is 3.00 bits per heavy atom. The summed E-state index contributed by atoms with van der Waals surface area (Å²) in [7, 11) is -3.21. The summed E-state index contributed by atoms with van der Waals surface area (Å²) in [6, 6.07) is 7.59. The summed E-state index contributed by atoms with van der Waals surface area (Å²) in [5, 5.41) is 0.645. The van der Waals surface area contributed by atoms with E-state index in [0.717, 1.165) is 24.0 Å². The van der Waals surface area contributed by atoms with E-state index in [2.05, 4.69) is 13.0 Å². The van der Waals surface area contributed by atoms with Crippen molar-refractivity contribution >= 4 is 18.4 Å². The van der Waals surface area contributed by atoms with Crippen LogP contribution in [0.2, 0.25) is 0 Å². The maximum absolute atomic E-state index is 12.4. The van der Waals surface area contributed by atoms with Gasteiger partial charge < -0.3 is 4.52 Å². The molecule has 94 valence electrons. The lowest BCUT2D eigenvalue weighted by molar-refractivity contribution is 0.425. The second-order valence-corrected chi connectivity index (χ2v) is 6.78. The molecule has 0 saturated heterocycles. The van der Waals surface area contributed by atoms with E-state index < -0.39 is 7.52 Å². The van der Waals surface area contributed by atoms with Gasteiger partial charge in [0.1, 0.15) is 5.76 Å². The minimum Gasteiger partial charge on any atom is -0.429 e. The average Bonchev–Trinajstić information content (AvgIpc) is 2.52. The van der Waals surface area contributed by atoms with E-state index in [1.807, 2.05) is 24.3 Å². The number of allylic oxidation sites excluding steroid dienone is 3. The average molecular weight is 261 g/mol. The fourth-order valence-electron chi connectivity index (χ4n) is 2.49. The molecular formula is C14H16NO2P. The fraction of sp³-hybridized carbons (Fsp3) is 0.286. The van der Waals surface area contributed by atoms with E-state index in [-0.39, 0.29) is 0 Å². The molecule has 2 aliphatic rings. The van der Waals surface area contributed by atoms with Gasteiger partial charge in [-0.1, -0.05) is 31.2 Å². The van der Waals surface area contributed by atoms with Crippen LogP contribution in [0.25, 0.3) is 5.57 Å². The highest BCUT2D eigenvalue weighted by Gasteiger charge is 2.33. The van der Waals surface area contributed by atoms with Crippen molar-refractivity contribution < 1.29 is 9.09 Å². The smallest absolute Gasteiger partial charge is 0.344 e. The Labute approximate surface area is 107 Å². The molecule has 1 heterocycles. The van der Waals surface area contributed by atoms with Gasteiger partial charge in [-0.05, 0) is 36.5 Å². The van der Waals surface area contributed by atoms with Gasteiger partial charge in [0, 0.05) is 5.57 Å². The van der Waals surface area contributed by atoms with Gasteiger partial charge in [-0.2, -0.15) is 0 Å². The molecule has 0 amide bonds. The number of hydrogen-bond acceptors (Lipinski definition) is 2. The normalized spacial score (nSPS) is 30.2. The van der Waals surface area contributed by atoms with Crippen LogP contribution in [0.3, 0.4) is 0 Å². The zero-order valence-corrected chi connectivity index (χ0v) is 11.2. The molecule has 3 rings (SSSR count). The summed E-state index contributed by atoms with van der Waals surface area (Å²) < 4.78 is 18.0. The largest absolute Gasteiger partial charge is 0.429 e. The summed E-state index contributed by atoms with van der Waals surface area (Å²) in [6.45, 7) is 2.17. The zero-order chi connectivity index (χ0) is 12.8. The Kier molecular flexibility index (Phi) is 2.69. The second-order valence-electron chi connectivity index (χ2n) is 4.92. The maximum atomic E-state index is 12.4. The molecule has 18 heavy (non-hydrogen) atoms. The van der Waals surface area contributed by atoms with Gasteiger partial charge in [-0.3, -0.25) is 4.57 Å². The van der Waals surface area contributed by atoms with Crippen LogP contribution in [-0.4, -0.2) is 0 Å². The van der Waals surface area contributed by atoms with Crippen LogP contribution in [0.5, 0.6) is 0 Å². The number of rotatable bonds is 0. The SMILES string of the molecule is CC1C=CC2=C(CC1)c1ccccc1[P@@](N)(=O)O2. The van der Waals surface area contributed by atoms with Crippen LogP contribution < -0.4 is 10.8 Å². The monoisotopic (exact) mass is 261 g/mol. The highest BCUT2D eigenvalue weighted by molar-refractivity contribution is 7.65. The zero-order valence-electron chi connectivity index (χ0n) is 10.3. The van der Waals surface area contributed by atoms with E-state index in [1.54, 1.807) is 6.07 Å². The van der Waals surface area contributed by atoms with Crippen LogP contribution in [0.15, 0.2) is 42.2 Å². The van der Waals surface area contributed by atoms with Gasteiger partial charge in [0.2, 0.25) is 0 Å². The van der Waals surface area contributed by atoms with Crippen molar-refractivity contribution in [1.82, 2.24) is 0 Å². The first-order valence-electron chi connectivity index (χ1n) is 6.17. The minimum absolute atomic E-state index is 0.503. The lowest BCUT2D eigenvalue weighted by Gasteiger charge is -2.26. The molecule has 0 spiro atoms. The fourth-order valence-corrected chi connectivity index (χ4v) is 3.89. The Hall–Kier alpha value is -1.31. The molecule has 0 bridgehead atoms. The molecule has 1 aromatic rings. The first-order chi connectivity index (χ1) is 8.58. The van der Waals surface area contributed by atoms with Crippen molar-refractivity contribution in [3.8, 4) is 0 Å². The van der Waals surface area contributed by atoms with E-state index >= 15 is 0 Å². The Morgan fingerprint density at radius 1 is 1.39 bits per heavy atom. The number of hydrogen-bond donors (Lipinski definition) is 1. The molecule has 1 aromatic carbocycles. The molecule has 1 aliphatic carbocycles. The van der Waals surface area contributed by atoms with Crippen LogP contribution in [0.1, 0.15) is 25.3 Å². The first-order valence-corrected chi connectivity index (χ1v) is 7.87. The van der Waals surface area contributed by atoms with Gasteiger partial charge in [0.05, 0.1) is 5.30 Å².